The van der Waals surface area contributed by atoms with Crippen LogP contribution in [-0.4, -0.2) is 59.6 Å². The van der Waals surface area contributed by atoms with Crippen LogP contribution in [0.5, 0.6) is 0 Å². The van der Waals surface area contributed by atoms with E-state index in [9.17, 15) is 9.59 Å². The molecule has 0 aromatic carbocycles. The van der Waals surface area contributed by atoms with E-state index in [4.69, 9.17) is 5.11 Å². The molecule has 1 atom stereocenters. The SMILES string of the molecule is CN(CC(=O)O)C(=O)C1CSCCN1. The van der Waals surface area contributed by atoms with Gasteiger partial charge in [-0.25, -0.2) is 0 Å². The van der Waals surface area contributed by atoms with Crippen LogP contribution in [0.2, 0.25) is 0 Å². The van der Waals surface area contributed by atoms with Crippen molar-refractivity contribution in [1.82, 2.24) is 10.2 Å². The van der Waals surface area contributed by atoms with Crippen LogP contribution in [0.3, 0.4) is 0 Å². The van der Waals surface area contributed by atoms with E-state index in [1.807, 2.05) is 0 Å². The average Bonchev–Trinajstić information content (AvgIpc) is 2.17. The number of nitrogens with zero attached hydrogens (tertiary/aromatic N) is 1. The van der Waals surface area contributed by atoms with Gasteiger partial charge in [-0.2, -0.15) is 11.8 Å². The molecule has 0 aromatic rings. The molecule has 1 heterocycles. The number of hydrogen-bond acceptors (Lipinski definition) is 4. The monoisotopic (exact) mass is 218 g/mol. The van der Waals surface area contributed by atoms with Crippen LogP contribution in [-0.2, 0) is 9.59 Å². The predicted octanol–water partition coefficient (Wildman–Crippen LogP) is -0.766. The third-order valence-corrected chi connectivity index (χ3v) is 3.03. The van der Waals surface area contributed by atoms with Gasteiger partial charge >= 0.3 is 5.97 Å². The van der Waals surface area contributed by atoms with Gasteiger partial charge in [-0.1, -0.05) is 0 Å². The maximum Gasteiger partial charge on any atom is 0.323 e. The van der Waals surface area contributed by atoms with Gasteiger partial charge in [0.05, 0.1) is 6.04 Å². The van der Waals surface area contributed by atoms with Gasteiger partial charge < -0.3 is 15.3 Å². The summed E-state index contributed by atoms with van der Waals surface area (Å²) in [6, 6.07) is -0.224. The van der Waals surface area contributed by atoms with Crippen LogP contribution in [0.25, 0.3) is 0 Å². The van der Waals surface area contributed by atoms with Crippen molar-refractivity contribution in [2.75, 3.05) is 31.6 Å². The lowest BCUT2D eigenvalue weighted by Gasteiger charge is -2.26. The summed E-state index contributed by atoms with van der Waals surface area (Å²) in [5.41, 5.74) is 0. The van der Waals surface area contributed by atoms with Crippen LogP contribution in [0, 0.1) is 0 Å². The van der Waals surface area contributed by atoms with Gasteiger partial charge in [0.25, 0.3) is 0 Å². The fourth-order valence-electron chi connectivity index (χ4n) is 1.27. The third kappa shape index (κ3) is 3.19. The Kier molecular flexibility index (Phi) is 4.21. The molecule has 1 fully saturated rings. The molecule has 0 saturated carbocycles. The fourth-order valence-corrected chi connectivity index (χ4v) is 2.20. The summed E-state index contributed by atoms with van der Waals surface area (Å²) in [6.45, 7) is 0.573. The van der Waals surface area contributed by atoms with Gasteiger partial charge in [-0.15, -0.1) is 0 Å². The number of amides is 1. The second-order valence-corrected chi connectivity index (χ2v) is 4.32. The zero-order valence-electron chi connectivity index (χ0n) is 8.02. The highest BCUT2D eigenvalue weighted by molar-refractivity contribution is 7.99. The Morgan fingerprint density at radius 1 is 1.64 bits per heavy atom. The molecule has 1 amide bonds. The lowest BCUT2D eigenvalue weighted by atomic mass is 10.3. The van der Waals surface area contributed by atoms with Gasteiger partial charge in [0.15, 0.2) is 0 Å². The molecule has 1 unspecified atom stereocenters. The average molecular weight is 218 g/mol. The van der Waals surface area contributed by atoms with Gasteiger partial charge in [0.2, 0.25) is 5.91 Å². The first-order chi connectivity index (χ1) is 6.61. The minimum atomic E-state index is -0.982. The molecule has 1 rings (SSSR count). The number of thioether (sulfide) groups is 1. The molecule has 1 aliphatic rings. The largest absolute Gasteiger partial charge is 0.480 e. The summed E-state index contributed by atoms with van der Waals surface area (Å²) >= 11 is 1.71. The molecule has 80 valence electrons. The molecule has 0 radical (unpaired) electrons. The summed E-state index contributed by atoms with van der Waals surface area (Å²) < 4.78 is 0. The van der Waals surface area contributed by atoms with Crippen molar-refractivity contribution in [2.45, 2.75) is 6.04 Å². The van der Waals surface area contributed by atoms with Gasteiger partial charge in [-0.3, -0.25) is 9.59 Å². The second kappa shape index (κ2) is 5.21. The molecular weight excluding hydrogens is 204 g/mol. The van der Waals surface area contributed by atoms with Gasteiger partial charge in [0.1, 0.15) is 6.54 Å². The third-order valence-electron chi connectivity index (χ3n) is 1.97. The Balaban J connectivity index is 2.42. The lowest BCUT2D eigenvalue weighted by Crippen LogP contribution is -2.50. The number of carbonyl (C=O) groups excluding carboxylic acids is 1. The Bertz CT molecular complexity index is 229. The molecule has 6 heteroatoms. The van der Waals surface area contributed by atoms with Crippen LogP contribution >= 0.6 is 11.8 Å². The lowest BCUT2D eigenvalue weighted by molar-refractivity contribution is -0.144. The minimum absolute atomic E-state index is 0.139. The number of likely N-dealkylation sites (N-methyl/N-ethyl adjacent to an activating group) is 1. The Hall–Kier alpha value is -0.750. The molecule has 0 aliphatic carbocycles. The van der Waals surface area contributed by atoms with E-state index in [2.05, 4.69) is 5.32 Å². The summed E-state index contributed by atoms with van der Waals surface area (Å²) in [5.74, 6) is 0.610. The molecule has 0 spiro atoms. The molecule has 1 aliphatic heterocycles. The number of carboxylic acids is 1. The van der Waals surface area contributed by atoms with E-state index in [0.717, 1.165) is 18.1 Å². The maximum atomic E-state index is 11.6. The molecule has 0 aromatic heterocycles. The van der Waals surface area contributed by atoms with Crippen molar-refractivity contribution in [3.8, 4) is 0 Å². The molecule has 5 nitrogen and oxygen atoms in total. The Morgan fingerprint density at radius 3 is 2.86 bits per heavy atom. The number of carboxylic acid groups (broad SMARTS) is 1. The standard InChI is InChI=1S/C8H14N2O3S/c1-10(4-7(11)12)8(13)6-5-14-3-2-9-6/h6,9H,2-5H2,1H3,(H,11,12). The van der Waals surface area contributed by atoms with E-state index in [1.54, 1.807) is 11.8 Å². The van der Waals surface area contributed by atoms with Crippen LogP contribution in [0.1, 0.15) is 0 Å². The smallest absolute Gasteiger partial charge is 0.323 e. The molecule has 1 saturated heterocycles. The van der Waals surface area contributed by atoms with Crippen LogP contribution < -0.4 is 5.32 Å². The van der Waals surface area contributed by atoms with Crippen molar-refractivity contribution in [1.29, 1.82) is 0 Å². The maximum absolute atomic E-state index is 11.6. The molecular formula is C8H14N2O3S. The van der Waals surface area contributed by atoms with Crippen molar-refractivity contribution in [3.63, 3.8) is 0 Å². The quantitative estimate of drug-likeness (QED) is 0.651. The van der Waals surface area contributed by atoms with Gasteiger partial charge in [-0.05, 0) is 0 Å². The van der Waals surface area contributed by atoms with Crippen LogP contribution in [0.15, 0.2) is 0 Å². The highest BCUT2D eigenvalue weighted by Crippen LogP contribution is 2.09. The number of aliphatic carboxylic acids is 1. The van der Waals surface area contributed by atoms with Crippen molar-refractivity contribution < 1.29 is 14.7 Å². The van der Waals surface area contributed by atoms with Crippen LogP contribution in [0.4, 0.5) is 0 Å². The molecule has 14 heavy (non-hydrogen) atoms. The first-order valence-corrected chi connectivity index (χ1v) is 5.54. The van der Waals surface area contributed by atoms with E-state index in [1.165, 1.54) is 11.9 Å². The first kappa shape index (κ1) is 11.3. The summed E-state index contributed by atoms with van der Waals surface area (Å²) in [7, 11) is 1.51. The molecule has 2 N–H and O–H groups in total. The number of nitrogens with one attached hydrogen (secondary N) is 1. The summed E-state index contributed by atoms with van der Waals surface area (Å²) in [6.07, 6.45) is 0. The van der Waals surface area contributed by atoms with E-state index in [-0.39, 0.29) is 18.5 Å². The summed E-state index contributed by atoms with van der Waals surface area (Å²) in [4.78, 5) is 23.2. The normalized spacial score (nSPS) is 21.6. The second-order valence-electron chi connectivity index (χ2n) is 3.17. The predicted molar refractivity (Wildman–Crippen MR) is 54.4 cm³/mol. The highest BCUT2D eigenvalue weighted by atomic mass is 32.2. The van der Waals surface area contributed by atoms with E-state index in [0.29, 0.717) is 0 Å². The zero-order chi connectivity index (χ0) is 10.6. The van der Waals surface area contributed by atoms with Crippen molar-refractivity contribution in [2.24, 2.45) is 0 Å². The summed E-state index contributed by atoms with van der Waals surface area (Å²) in [5, 5.41) is 11.6. The van der Waals surface area contributed by atoms with Crippen molar-refractivity contribution in [3.05, 3.63) is 0 Å². The molecule has 0 bridgehead atoms. The topological polar surface area (TPSA) is 69.6 Å². The Morgan fingerprint density at radius 2 is 2.36 bits per heavy atom. The zero-order valence-corrected chi connectivity index (χ0v) is 8.84. The minimum Gasteiger partial charge on any atom is -0.480 e. The van der Waals surface area contributed by atoms with Crippen molar-refractivity contribution >= 4 is 23.6 Å². The fraction of sp³-hybridized carbons (Fsp3) is 0.750. The first-order valence-electron chi connectivity index (χ1n) is 4.39. The van der Waals surface area contributed by atoms with E-state index < -0.39 is 5.97 Å². The Labute approximate surface area is 86.8 Å². The highest BCUT2D eigenvalue weighted by Gasteiger charge is 2.24. The number of carbonyl (C=O) groups is 2. The number of rotatable bonds is 3. The van der Waals surface area contributed by atoms with Gasteiger partial charge in [0, 0.05) is 25.1 Å². The number of hydrogen-bond donors (Lipinski definition) is 2. The van der Waals surface area contributed by atoms with E-state index >= 15 is 0 Å².